The summed E-state index contributed by atoms with van der Waals surface area (Å²) in [5.74, 6) is 0.725. The number of pyridine rings is 1. The molecule has 0 spiro atoms. The third-order valence-corrected chi connectivity index (χ3v) is 3.11. The average molecular weight is 299 g/mol. The number of fused-ring (bicyclic) bond motifs is 1. The van der Waals surface area contributed by atoms with Crippen LogP contribution in [0, 0.1) is 11.3 Å². The first kappa shape index (κ1) is 10.9. The molecule has 0 fully saturated rings. The van der Waals surface area contributed by atoms with Gasteiger partial charge in [-0.15, -0.1) is 10.2 Å². The minimum Gasteiger partial charge on any atom is -0.281 e. The van der Waals surface area contributed by atoms with Gasteiger partial charge in [0.25, 0.3) is 0 Å². The van der Waals surface area contributed by atoms with E-state index in [1.165, 1.54) is 0 Å². The van der Waals surface area contributed by atoms with Crippen molar-refractivity contribution in [1.82, 2.24) is 14.6 Å². The molecule has 86 valence electrons. The van der Waals surface area contributed by atoms with Crippen LogP contribution in [-0.4, -0.2) is 14.6 Å². The van der Waals surface area contributed by atoms with Crippen molar-refractivity contribution in [3.05, 3.63) is 52.6 Å². The second-order valence-corrected chi connectivity index (χ2v) is 4.71. The predicted molar refractivity (Wildman–Crippen MR) is 70.8 cm³/mol. The molecule has 0 aliphatic rings. The second-order valence-electron chi connectivity index (χ2n) is 3.79. The van der Waals surface area contributed by atoms with E-state index in [1.54, 1.807) is 18.3 Å². The Morgan fingerprint density at radius 2 is 2.06 bits per heavy atom. The monoisotopic (exact) mass is 298 g/mol. The number of aromatic nitrogens is 3. The highest BCUT2D eigenvalue weighted by molar-refractivity contribution is 9.10. The molecule has 0 N–H and O–H groups in total. The van der Waals surface area contributed by atoms with E-state index in [1.807, 2.05) is 28.7 Å². The zero-order valence-electron chi connectivity index (χ0n) is 9.21. The van der Waals surface area contributed by atoms with E-state index in [2.05, 4.69) is 32.2 Å². The molecule has 5 heteroatoms. The summed E-state index contributed by atoms with van der Waals surface area (Å²) in [5.41, 5.74) is 2.26. The van der Waals surface area contributed by atoms with Crippen molar-refractivity contribution in [3.63, 3.8) is 0 Å². The van der Waals surface area contributed by atoms with Gasteiger partial charge in [-0.25, -0.2) is 0 Å². The summed E-state index contributed by atoms with van der Waals surface area (Å²) in [7, 11) is 0. The van der Waals surface area contributed by atoms with Gasteiger partial charge >= 0.3 is 0 Å². The van der Waals surface area contributed by atoms with Gasteiger partial charge in [-0.3, -0.25) is 4.40 Å². The van der Waals surface area contributed by atoms with Crippen molar-refractivity contribution in [3.8, 4) is 17.5 Å². The Labute approximate surface area is 112 Å². The number of rotatable bonds is 1. The maximum absolute atomic E-state index is 8.93. The summed E-state index contributed by atoms with van der Waals surface area (Å²) >= 11 is 3.43. The summed E-state index contributed by atoms with van der Waals surface area (Å²) in [5, 5.41) is 17.2. The van der Waals surface area contributed by atoms with Crippen molar-refractivity contribution >= 4 is 21.6 Å². The van der Waals surface area contributed by atoms with Crippen molar-refractivity contribution < 1.29 is 0 Å². The zero-order valence-corrected chi connectivity index (χ0v) is 10.8. The van der Waals surface area contributed by atoms with E-state index in [4.69, 9.17) is 5.26 Å². The van der Waals surface area contributed by atoms with Gasteiger partial charge in [0.1, 0.15) is 6.07 Å². The number of halogens is 1. The molecule has 0 radical (unpaired) electrons. The smallest absolute Gasteiger partial charge is 0.168 e. The minimum absolute atomic E-state index is 0.582. The molecule has 3 rings (SSSR count). The van der Waals surface area contributed by atoms with E-state index in [9.17, 15) is 0 Å². The third kappa shape index (κ3) is 1.77. The summed E-state index contributed by atoms with van der Waals surface area (Å²) in [6.07, 6.45) is 1.74. The SMILES string of the molecule is N#Cc1ccc2nnc(-c3cccc(Br)c3)n2c1. The lowest BCUT2D eigenvalue weighted by atomic mass is 10.2. The van der Waals surface area contributed by atoms with E-state index in [0.717, 1.165) is 21.5 Å². The summed E-state index contributed by atoms with van der Waals surface area (Å²) < 4.78 is 2.80. The molecular weight excluding hydrogens is 292 g/mol. The number of hydrogen-bond donors (Lipinski definition) is 0. The molecule has 0 bridgehead atoms. The van der Waals surface area contributed by atoms with Crippen LogP contribution >= 0.6 is 15.9 Å². The molecule has 2 heterocycles. The lowest BCUT2D eigenvalue weighted by molar-refractivity contribution is 1.11. The van der Waals surface area contributed by atoms with E-state index >= 15 is 0 Å². The molecule has 0 amide bonds. The fraction of sp³-hybridized carbons (Fsp3) is 0. The first-order chi connectivity index (χ1) is 8.78. The van der Waals surface area contributed by atoms with Gasteiger partial charge in [0.05, 0.1) is 5.56 Å². The van der Waals surface area contributed by atoms with Gasteiger partial charge in [0, 0.05) is 16.2 Å². The van der Waals surface area contributed by atoms with Gasteiger partial charge in [-0.2, -0.15) is 5.26 Å². The molecule has 18 heavy (non-hydrogen) atoms. The Hall–Kier alpha value is -2.19. The second kappa shape index (κ2) is 4.24. The lowest BCUT2D eigenvalue weighted by Crippen LogP contribution is -1.90. The molecule has 0 aliphatic carbocycles. The van der Waals surface area contributed by atoms with Gasteiger partial charge in [-0.05, 0) is 24.3 Å². The van der Waals surface area contributed by atoms with Crippen molar-refractivity contribution in [2.75, 3.05) is 0 Å². The molecule has 0 saturated heterocycles. The Morgan fingerprint density at radius 1 is 1.17 bits per heavy atom. The van der Waals surface area contributed by atoms with E-state index in [0.29, 0.717) is 5.56 Å². The highest BCUT2D eigenvalue weighted by atomic mass is 79.9. The maximum atomic E-state index is 8.93. The molecule has 2 aromatic heterocycles. The Bertz CT molecular complexity index is 770. The topological polar surface area (TPSA) is 54.0 Å². The quantitative estimate of drug-likeness (QED) is 0.694. The highest BCUT2D eigenvalue weighted by Gasteiger charge is 2.08. The van der Waals surface area contributed by atoms with Crippen molar-refractivity contribution in [1.29, 1.82) is 5.26 Å². The molecule has 0 atom stereocenters. The first-order valence-electron chi connectivity index (χ1n) is 5.29. The molecule has 3 aromatic rings. The average Bonchev–Trinajstić information content (AvgIpc) is 2.81. The van der Waals surface area contributed by atoms with Crippen LogP contribution < -0.4 is 0 Å². The highest BCUT2D eigenvalue weighted by Crippen LogP contribution is 2.22. The fourth-order valence-electron chi connectivity index (χ4n) is 1.78. The lowest BCUT2D eigenvalue weighted by Gasteiger charge is -2.00. The third-order valence-electron chi connectivity index (χ3n) is 2.61. The molecule has 0 unspecified atom stereocenters. The van der Waals surface area contributed by atoms with Crippen molar-refractivity contribution in [2.24, 2.45) is 0 Å². The molecule has 1 aromatic carbocycles. The van der Waals surface area contributed by atoms with Crippen LogP contribution in [0.3, 0.4) is 0 Å². The van der Waals surface area contributed by atoms with Crippen LogP contribution in [0.2, 0.25) is 0 Å². The standard InChI is InChI=1S/C13H7BrN4/c14-11-3-1-2-10(6-11)13-17-16-12-5-4-9(7-15)8-18(12)13/h1-6,8H. The van der Waals surface area contributed by atoms with Crippen LogP contribution in [0.1, 0.15) is 5.56 Å². The summed E-state index contributed by atoms with van der Waals surface area (Å²) in [6.45, 7) is 0. The van der Waals surface area contributed by atoms with Crippen molar-refractivity contribution in [2.45, 2.75) is 0 Å². The van der Waals surface area contributed by atoms with Gasteiger partial charge in [-0.1, -0.05) is 28.1 Å². The van der Waals surface area contributed by atoms with Gasteiger partial charge in [0.15, 0.2) is 11.5 Å². The fourth-order valence-corrected chi connectivity index (χ4v) is 2.18. The number of nitrogens with zero attached hydrogens (tertiary/aromatic N) is 4. The first-order valence-corrected chi connectivity index (χ1v) is 6.08. The van der Waals surface area contributed by atoms with Crippen LogP contribution in [-0.2, 0) is 0 Å². The summed E-state index contributed by atoms with van der Waals surface area (Å²) in [4.78, 5) is 0. The Morgan fingerprint density at radius 3 is 2.83 bits per heavy atom. The largest absolute Gasteiger partial charge is 0.281 e. The maximum Gasteiger partial charge on any atom is 0.168 e. The van der Waals surface area contributed by atoms with Crippen LogP contribution in [0.4, 0.5) is 0 Å². The Kier molecular flexibility index (Phi) is 2.58. The Balaban J connectivity index is 2.27. The predicted octanol–water partition coefficient (Wildman–Crippen LogP) is 3.03. The minimum atomic E-state index is 0.582. The van der Waals surface area contributed by atoms with Gasteiger partial charge in [0.2, 0.25) is 0 Å². The zero-order chi connectivity index (χ0) is 12.5. The van der Waals surface area contributed by atoms with Gasteiger partial charge < -0.3 is 0 Å². The molecule has 0 aliphatic heterocycles. The van der Waals surface area contributed by atoms with E-state index < -0.39 is 0 Å². The molecule has 4 nitrogen and oxygen atoms in total. The number of benzene rings is 1. The summed E-state index contributed by atoms with van der Waals surface area (Å²) in [6, 6.07) is 13.4. The number of hydrogen-bond acceptors (Lipinski definition) is 3. The molecular formula is C13H7BrN4. The number of nitriles is 1. The van der Waals surface area contributed by atoms with Crippen LogP contribution in [0.5, 0.6) is 0 Å². The van der Waals surface area contributed by atoms with Crippen LogP contribution in [0.15, 0.2) is 47.1 Å². The molecule has 0 saturated carbocycles. The normalized spacial score (nSPS) is 10.4. The van der Waals surface area contributed by atoms with Crippen LogP contribution in [0.25, 0.3) is 17.0 Å². The van der Waals surface area contributed by atoms with E-state index in [-0.39, 0.29) is 0 Å².